The third-order valence-electron chi connectivity index (χ3n) is 3.23. The first-order chi connectivity index (χ1) is 8.29. The number of aromatic nitrogens is 3. The zero-order valence-electron chi connectivity index (χ0n) is 9.96. The molecule has 0 radical (unpaired) electrons. The monoisotopic (exact) mass is 248 g/mol. The molecule has 1 atom stereocenters. The van der Waals surface area contributed by atoms with Crippen molar-refractivity contribution in [1.29, 1.82) is 5.26 Å². The molecular weight excluding hydrogens is 232 g/mol. The van der Waals surface area contributed by atoms with E-state index >= 15 is 0 Å². The van der Waals surface area contributed by atoms with E-state index in [0.29, 0.717) is 12.0 Å². The number of nitrogens with zero attached hydrogens (tertiary/aromatic N) is 4. The molecule has 90 valence electrons. The highest BCUT2D eigenvalue weighted by molar-refractivity contribution is 7.99. The Morgan fingerprint density at radius 1 is 1.41 bits per heavy atom. The first kappa shape index (κ1) is 11.1. The summed E-state index contributed by atoms with van der Waals surface area (Å²) in [5.41, 5.74) is 0. The van der Waals surface area contributed by atoms with E-state index in [9.17, 15) is 0 Å². The van der Waals surface area contributed by atoms with Gasteiger partial charge in [0.05, 0.1) is 12.0 Å². The Balaban J connectivity index is 1.77. The van der Waals surface area contributed by atoms with Gasteiger partial charge in [0, 0.05) is 17.7 Å². The van der Waals surface area contributed by atoms with Gasteiger partial charge in [0.1, 0.15) is 5.82 Å². The van der Waals surface area contributed by atoms with Gasteiger partial charge in [-0.2, -0.15) is 5.26 Å². The van der Waals surface area contributed by atoms with E-state index in [-0.39, 0.29) is 5.92 Å². The maximum absolute atomic E-state index is 8.80. The second kappa shape index (κ2) is 4.34. The van der Waals surface area contributed by atoms with Crippen LogP contribution in [0.2, 0.25) is 0 Å². The van der Waals surface area contributed by atoms with Crippen molar-refractivity contribution in [3.8, 4) is 6.07 Å². The zero-order chi connectivity index (χ0) is 11.8. The van der Waals surface area contributed by atoms with Crippen LogP contribution in [-0.4, -0.2) is 20.5 Å². The first-order valence-electron chi connectivity index (χ1n) is 6.26. The van der Waals surface area contributed by atoms with Crippen molar-refractivity contribution in [2.24, 2.45) is 5.92 Å². The van der Waals surface area contributed by atoms with Gasteiger partial charge in [0.15, 0.2) is 5.16 Å². The molecule has 0 aromatic carbocycles. The Hall–Kier alpha value is -1.02. The summed E-state index contributed by atoms with van der Waals surface area (Å²) in [4.78, 5) is 0. The van der Waals surface area contributed by atoms with Crippen LogP contribution in [-0.2, 0) is 0 Å². The molecule has 5 heteroatoms. The van der Waals surface area contributed by atoms with Crippen molar-refractivity contribution in [3.05, 3.63) is 5.82 Å². The fourth-order valence-corrected chi connectivity index (χ4v) is 2.87. The molecule has 3 rings (SSSR count). The highest BCUT2D eigenvalue weighted by Gasteiger charge is 2.36. The van der Waals surface area contributed by atoms with E-state index in [1.807, 2.05) is 6.92 Å². The van der Waals surface area contributed by atoms with E-state index in [1.165, 1.54) is 31.5 Å². The fourth-order valence-electron chi connectivity index (χ4n) is 1.92. The summed E-state index contributed by atoms with van der Waals surface area (Å²) in [6.45, 7) is 1.95. The second-order valence-electron chi connectivity index (χ2n) is 5.06. The lowest BCUT2D eigenvalue weighted by molar-refractivity contribution is 0.626. The van der Waals surface area contributed by atoms with E-state index in [1.54, 1.807) is 11.8 Å². The van der Waals surface area contributed by atoms with Crippen molar-refractivity contribution in [2.75, 3.05) is 5.75 Å². The standard InChI is InChI=1S/C12H16N4S/c1-8(6-13)7-17-12-15-14-11(9-2-3-9)16(12)10-4-5-10/h8-10H,2-5,7H2,1H3. The number of hydrogen-bond acceptors (Lipinski definition) is 4. The van der Waals surface area contributed by atoms with E-state index in [0.717, 1.165) is 10.9 Å². The van der Waals surface area contributed by atoms with Crippen LogP contribution in [0, 0.1) is 17.2 Å². The third kappa shape index (κ3) is 2.32. The summed E-state index contributed by atoms with van der Waals surface area (Å²) >= 11 is 1.68. The first-order valence-corrected chi connectivity index (χ1v) is 7.25. The number of nitriles is 1. The summed E-state index contributed by atoms with van der Waals surface area (Å²) in [6, 6.07) is 2.90. The van der Waals surface area contributed by atoms with Crippen LogP contribution in [0.4, 0.5) is 0 Å². The Bertz CT molecular complexity index is 454. The molecule has 0 spiro atoms. The van der Waals surface area contributed by atoms with Crippen molar-refractivity contribution in [1.82, 2.24) is 14.8 Å². The maximum atomic E-state index is 8.80. The molecule has 2 aliphatic rings. The Kier molecular flexibility index (Phi) is 2.83. The maximum Gasteiger partial charge on any atom is 0.191 e. The van der Waals surface area contributed by atoms with Crippen LogP contribution in [0.5, 0.6) is 0 Å². The average molecular weight is 248 g/mol. The van der Waals surface area contributed by atoms with Crippen LogP contribution < -0.4 is 0 Å². The van der Waals surface area contributed by atoms with Gasteiger partial charge >= 0.3 is 0 Å². The minimum atomic E-state index is 0.0775. The third-order valence-corrected chi connectivity index (χ3v) is 4.43. The van der Waals surface area contributed by atoms with Crippen LogP contribution in [0.25, 0.3) is 0 Å². The molecule has 0 N–H and O–H groups in total. The Morgan fingerprint density at radius 2 is 2.18 bits per heavy atom. The largest absolute Gasteiger partial charge is 0.303 e. The molecule has 1 unspecified atom stereocenters. The van der Waals surface area contributed by atoms with E-state index in [2.05, 4.69) is 20.8 Å². The SMILES string of the molecule is CC(C#N)CSc1nnc(C2CC2)n1C1CC1. The van der Waals surface area contributed by atoms with Crippen LogP contribution in [0.15, 0.2) is 5.16 Å². The lowest BCUT2D eigenvalue weighted by Crippen LogP contribution is -2.03. The number of thioether (sulfide) groups is 1. The summed E-state index contributed by atoms with van der Waals surface area (Å²) < 4.78 is 2.34. The highest BCUT2D eigenvalue weighted by atomic mass is 32.2. The highest BCUT2D eigenvalue weighted by Crippen LogP contribution is 2.46. The van der Waals surface area contributed by atoms with Crippen molar-refractivity contribution < 1.29 is 0 Å². The lowest BCUT2D eigenvalue weighted by Gasteiger charge is -2.08. The molecule has 1 aromatic rings. The Morgan fingerprint density at radius 3 is 2.76 bits per heavy atom. The molecule has 0 bridgehead atoms. The van der Waals surface area contributed by atoms with Gasteiger partial charge in [-0.3, -0.25) is 0 Å². The zero-order valence-corrected chi connectivity index (χ0v) is 10.8. The smallest absolute Gasteiger partial charge is 0.191 e. The van der Waals surface area contributed by atoms with Crippen molar-refractivity contribution >= 4 is 11.8 Å². The van der Waals surface area contributed by atoms with Crippen LogP contribution >= 0.6 is 11.8 Å². The molecule has 1 aromatic heterocycles. The normalized spacial score (nSPS) is 21.2. The Labute approximate surface area is 105 Å². The topological polar surface area (TPSA) is 54.5 Å². The van der Waals surface area contributed by atoms with Gasteiger partial charge in [-0.25, -0.2) is 0 Å². The molecule has 4 nitrogen and oxygen atoms in total. The van der Waals surface area contributed by atoms with Gasteiger partial charge in [-0.15, -0.1) is 10.2 Å². The molecule has 0 amide bonds. The molecule has 0 aliphatic heterocycles. The minimum Gasteiger partial charge on any atom is -0.303 e. The fraction of sp³-hybridized carbons (Fsp3) is 0.750. The molecule has 2 saturated carbocycles. The molecule has 2 aliphatic carbocycles. The number of rotatable bonds is 5. The summed E-state index contributed by atoms with van der Waals surface area (Å²) in [5.74, 6) is 2.74. The van der Waals surface area contributed by atoms with Crippen molar-refractivity contribution in [3.63, 3.8) is 0 Å². The van der Waals surface area contributed by atoms with Gasteiger partial charge in [0.2, 0.25) is 0 Å². The molecule has 2 fully saturated rings. The van der Waals surface area contributed by atoms with Gasteiger partial charge in [-0.1, -0.05) is 11.8 Å². The van der Waals surface area contributed by atoms with Gasteiger partial charge < -0.3 is 4.57 Å². The average Bonchev–Trinajstić information content (AvgIpc) is 3.24. The predicted molar refractivity (Wildman–Crippen MR) is 65.8 cm³/mol. The predicted octanol–water partition coefficient (Wildman–Crippen LogP) is 2.74. The van der Waals surface area contributed by atoms with Gasteiger partial charge in [-0.05, 0) is 32.6 Å². The molecule has 0 saturated heterocycles. The van der Waals surface area contributed by atoms with E-state index < -0.39 is 0 Å². The molecule has 17 heavy (non-hydrogen) atoms. The second-order valence-corrected chi connectivity index (χ2v) is 6.04. The van der Waals surface area contributed by atoms with Crippen LogP contribution in [0.3, 0.4) is 0 Å². The number of hydrogen-bond donors (Lipinski definition) is 0. The van der Waals surface area contributed by atoms with E-state index in [4.69, 9.17) is 5.26 Å². The molecule has 1 heterocycles. The summed E-state index contributed by atoms with van der Waals surface area (Å²) in [5, 5.41) is 18.5. The lowest BCUT2D eigenvalue weighted by atomic mass is 10.3. The van der Waals surface area contributed by atoms with Crippen molar-refractivity contribution in [2.45, 2.75) is 49.7 Å². The summed E-state index contributed by atoms with van der Waals surface area (Å²) in [7, 11) is 0. The quantitative estimate of drug-likeness (QED) is 0.752. The van der Waals surface area contributed by atoms with Gasteiger partial charge in [0.25, 0.3) is 0 Å². The molecular formula is C12H16N4S. The van der Waals surface area contributed by atoms with Crippen LogP contribution in [0.1, 0.15) is 50.4 Å². The summed E-state index contributed by atoms with van der Waals surface area (Å²) in [6.07, 6.45) is 5.06. The minimum absolute atomic E-state index is 0.0775.